The average Bonchev–Trinajstić information content (AvgIpc) is 2.71. The predicted octanol–water partition coefficient (Wildman–Crippen LogP) is 3.75. The summed E-state index contributed by atoms with van der Waals surface area (Å²) in [5, 5.41) is 3.62. The Kier molecular flexibility index (Phi) is 4.62. The van der Waals surface area contributed by atoms with Crippen molar-refractivity contribution < 1.29 is 0 Å². The highest BCUT2D eigenvalue weighted by Gasteiger charge is 2.27. The van der Waals surface area contributed by atoms with Crippen LogP contribution < -0.4 is 10.2 Å². The molecule has 0 aromatic heterocycles. The summed E-state index contributed by atoms with van der Waals surface area (Å²) in [4.78, 5) is 2.73. The summed E-state index contributed by atoms with van der Waals surface area (Å²) < 4.78 is 0. The van der Waals surface area contributed by atoms with Crippen LogP contribution in [0.4, 0.5) is 5.69 Å². The van der Waals surface area contributed by atoms with Gasteiger partial charge in [-0.15, -0.1) is 0 Å². The molecule has 20 heavy (non-hydrogen) atoms. The molecule has 1 heterocycles. The molecule has 110 valence electrons. The molecule has 0 saturated heterocycles. The van der Waals surface area contributed by atoms with E-state index in [0.29, 0.717) is 0 Å². The van der Waals surface area contributed by atoms with Gasteiger partial charge in [0.15, 0.2) is 0 Å². The molecule has 0 atom stereocenters. The van der Waals surface area contributed by atoms with E-state index in [-0.39, 0.29) is 0 Å². The van der Waals surface area contributed by atoms with Gasteiger partial charge in [0.1, 0.15) is 0 Å². The molecule has 1 aliphatic heterocycles. The summed E-state index contributed by atoms with van der Waals surface area (Å²) in [6.07, 6.45) is 9.35. The summed E-state index contributed by atoms with van der Waals surface area (Å²) in [6, 6.07) is 10.6. The van der Waals surface area contributed by atoms with Crippen LogP contribution in [-0.2, 0) is 6.42 Å². The predicted molar refractivity (Wildman–Crippen MR) is 86.4 cm³/mol. The molecule has 2 heteroatoms. The van der Waals surface area contributed by atoms with Crippen molar-refractivity contribution in [2.24, 2.45) is 0 Å². The highest BCUT2D eigenvalue weighted by atomic mass is 15.2. The molecule has 1 aromatic carbocycles. The second kappa shape index (κ2) is 6.62. The van der Waals surface area contributed by atoms with Crippen molar-refractivity contribution in [3.8, 4) is 0 Å². The quantitative estimate of drug-likeness (QED) is 0.901. The Hall–Kier alpha value is -1.02. The monoisotopic (exact) mass is 272 g/mol. The van der Waals surface area contributed by atoms with Gasteiger partial charge in [-0.1, -0.05) is 25.1 Å². The Morgan fingerprint density at radius 3 is 2.70 bits per heavy atom. The zero-order valence-electron chi connectivity index (χ0n) is 12.8. The van der Waals surface area contributed by atoms with Gasteiger partial charge in [-0.25, -0.2) is 0 Å². The Labute approximate surface area is 123 Å². The Morgan fingerprint density at radius 1 is 1.10 bits per heavy atom. The number of para-hydroxylation sites is 1. The van der Waals surface area contributed by atoms with Gasteiger partial charge in [0.25, 0.3) is 0 Å². The number of fused-ring (bicyclic) bond motifs is 1. The van der Waals surface area contributed by atoms with Crippen molar-refractivity contribution >= 4 is 5.69 Å². The van der Waals surface area contributed by atoms with E-state index < -0.39 is 0 Å². The van der Waals surface area contributed by atoms with Crippen LogP contribution in [0.2, 0.25) is 0 Å². The fourth-order valence-corrected chi connectivity index (χ4v) is 3.98. The summed E-state index contributed by atoms with van der Waals surface area (Å²) in [6.45, 7) is 4.59. The van der Waals surface area contributed by atoms with Gasteiger partial charge in [0.05, 0.1) is 0 Å². The number of rotatable bonds is 3. The van der Waals surface area contributed by atoms with Crippen LogP contribution in [0.5, 0.6) is 0 Å². The van der Waals surface area contributed by atoms with Crippen LogP contribution in [0.3, 0.4) is 0 Å². The third-order valence-electron chi connectivity index (χ3n) is 5.03. The fraction of sp³-hybridized carbons (Fsp3) is 0.667. The first-order chi connectivity index (χ1) is 9.88. The van der Waals surface area contributed by atoms with Crippen molar-refractivity contribution in [1.29, 1.82) is 0 Å². The van der Waals surface area contributed by atoms with E-state index in [9.17, 15) is 0 Å². The van der Waals surface area contributed by atoms with Gasteiger partial charge in [-0.3, -0.25) is 0 Å². The number of nitrogens with one attached hydrogen (secondary N) is 1. The molecule has 1 aromatic rings. The highest BCUT2D eigenvalue weighted by molar-refractivity contribution is 5.55. The van der Waals surface area contributed by atoms with Gasteiger partial charge < -0.3 is 10.2 Å². The van der Waals surface area contributed by atoms with Crippen LogP contribution in [-0.4, -0.2) is 25.2 Å². The van der Waals surface area contributed by atoms with E-state index in [0.717, 1.165) is 18.6 Å². The molecule has 0 spiro atoms. The largest absolute Gasteiger partial charge is 0.368 e. The van der Waals surface area contributed by atoms with Crippen molar-refractivity contribution in [1.82, 2.24) is 5.32 Å². The van der Waals surface area contributed by atoms with Crippen molar-refractivity contribution in [3.05, 3.63) is 29.8 Å². The van der Waals surface area contributed by atoms with Gasteiger partial charge >= 0.3 is 0 Å². The summed E-state index contributed by atoms with van der Waals surface area (Å²) >= 11 is 0. The van der Waals surface area contributed by atoms with Gasteiger partial charge in [-0.05, 0) is 63.1 Å². The lowest BCUT2D eigenvalue weighted by Gasteiger charge is -2.38. The number of hydrogen-bond donors (Lipinski definition) is 1. The molecular weight excluding hydrogens is 244 g/mol. The molecule has 1 aliphatic carbocycles. The topological polar surface area (TPSA) is 15.3 Å². The first kappa shape index (κ1) is 13.9. The minimum absolute atomic E-state index is 0.762. The number of benzene rings is 1. The number of hydrogen-bond acceptors (Lipinski definition) is 2. The maximum Gasteiger partial charge on any atom is 0.0401 e. The van der Waals surface area contributed by atoms with Crippen LogP contribution in [0, 0.1) is 0 Å². The van der Waals surface area contributed by atoms with Crippen LogP contribution in [0.25, 0.3) is 0 Å². The van der Waals surface area contributed by atoms with E-state index in [4.69, 9.17) is 0 Å². The maximum atomic E-state index is 3.62. The Bertz CT molecular complexity index is 421. The molecule has 3 rings (SSSR count). The van der Waals surface area contributed by atoms with Crippen LogP contribution >= 0.6 is 0 Å². The van der Waals surface area contributed by atoms with E-state index in [1.165, 1.54) is 57.2 Å². The fourth-order valence-electron chi connectivity index (χ4n) is 3.98. The highest BCUT2D eigenvalue weighted by Crippen LogP contribution is 2.32. The molecule has 0 amide bonds. The van der Waals surface area contributed by atoms with Crippen LogP contribution in [0.1, 0.15) is 51.0 Å². The molecule has 2 aliphatic rings. The average molecular weight is 272 g/mol. The second-order valence-electron chi connectivity index (χ2n) is 6.34. The summed E-state index contributed by atoms with van der Waals surface area (Å²) in [5.74, 6) is 0. The molecule has 1 saturated carbocycles. The Balaban J connectivity index is 1.71. The maximum absolute atomic E-state index is 3.62. The lowest BCUT2D eigenvalue weighted by atomic mass is 9.89. The van der Waals surface area contributed by atoms with Gasteiger partial charge in [0.2, 0.25) is 0 Å². The zero-order valence-corrected chi connectivity index (χ0v) is 12.8. The lowest BCUT2D eigenvalue weighted by molar-refractivity contribution is 0.335. The van der Waals surface area contributed by atoms with Crippen molar-refractivity contribution in [2.45, 2.75) is 64.0 Å². The SMILES string of the molecule is CCNC1CCC(N2CCCCc3ccccc32)CC1. The lowest BCUT2D eigenvalue weighted by Crippen LogP contribution is -2.43. The minimum Gasteiger partial charge on any atom is -0.368 e. The molecule has 0 unspecified atom stereocenters. The van der Waals surface area contributed by atoms with Gasteiger partial charge in [0, 0.05) is 24.3 Å². The molecule has 1 N–H and O–H groups in total. The molecule has 0 bridgehead atoms. The van der Waals surface area contributed by atoms with Crippen molar-refractivity contribution in [2.75, 3.05) is 18.0 Å². The van der Waals surface area contributed by atoms with Crippen molar-refractivity contribution in [3.63, 3.8) is 0 Å². The van der Waals surface area contributed by atoms with E-state index in [1.807, 2.05) is 0 Å². The van der Waals surface area contributed by atoms with E-state index in [1.54, 1.807) is 5.56 Å². The number of aryl methyl sites for hydroxylation is 1. The third-order valence-corrected chi connectivity index (χ3v) is 5.03. The summed E-state index contributed by atoms with van der Waals surface area (Å²) in [5.41, 5.74) is 3.09. The molecule has 1 fully saturated rings. The molecule has 0 radical (unpaired) electrons. The second-order valence-corrected chi connectivity index (χ2v) is 6.34. The van der Waals surface area contributed by atoms with E-state index >= 15 is 0 Å². The number of nitrogens with zero attached hydrogens (tertiary/aromatic N) is 1. The Morgan fingerprint density at radius 2 is 1.90 bits per heavy atom. The normalized spacial score (nSPS) is 26.9. The third kappa shape index (κ3) is 3.01. The molecular formula is C18H28N2. The molecule has 2 nitrogen and oxygen atoms in total. The number of anilines is 1. The van der Waals surface area contributed by atoms with Gasteiger partial charge in [-0.2, -0.15) is 0 Å². The first-order valence-electron chi connectivity index (χ1n) is 8.46. The standard InChI is InChI=1S/C18H28N2/c1-2-19-16-10-12-17(13-11-16)20-14-6-5-8-15-7-3-4-9-18(15)20/h3-4,7,9,16-17,19H,2,5-6,8,10-14H2,1H3. The van der Waals surface area contributed by atoms with E-state index in [2.05, 4.69) is 41.4 Å². The smallest absolute Gasteiger partial charge is 0.0401 e. The minimum atomic E-state index is 0.762. The van der Waals surface area contributed by atoms with Crippen LogP contribution in [0.15, 0.2) is 24.3 Å². The summed E-state index contributed by atoms with van der Waals surface area (Å²) in [7, 11) is 0. The first-order valence-corrected chi connectivity index (χ1v) is 8.46. The zero-order chi connectivity index (χ0) is 13.8.